The minimum atomic E-state index is 0.645. The summed E-state index contributed by atoms with van der Waals surface area (Å²) in [6, 6.07) is 4.88. The van der Waals surface area contributed by atoms with Crippen molar-refractivity contribution in [2.75, 3.05) is 37.6 Å². The second-order valence-electron chi connectivity index (χ2n) is 5.78. The van der Waals surface area contributed by atoms with E-state index in [0.29, 0.717) is 6.04 Å². The second-order valence-corrected chi connectivity index (χ2v) is 5.78. The van der Waals surface area contributed by atoms with E-state index in [0.717, 1.165) is 39.3 Å². The SMILES string of the molecule is CCCNCc1cccnc1N1CCN(C(C)C)CC1. The Labute approximate surface area is 123 Å². The van der Waals surface area contributed by atoms with E-state index >= 15 is 0 Å². The quantitative estimate of drug-likeness (QED) is 0.806. The highest BCUT2D eigenvalue weighted by Gasteiger charge is 2.21. The Morgan fingerprint density at radius 3 is 2.65 bits per heavy atom. The Balaban J connectivity index is 1.98. The maximum absolute atomic E-state index is 4.62. The summed E-state index contributed by atoms with van der Waals surface area (Å²) in [6.45, 7) is 13.2. The molecule has 1 saturated heterocycles. The van der Waals surface area contributed by atoms with Crippen LogP contribution in [0.3, 0.4) is 0 Å². The van der Waals surface area contributed by atoms with Gasteiger partial charge in [0.15, 0.2) is 0 Å². The van der Waals surface area contributed by atoms with Gasteiger partial charge in [-0.05, 0) is 32.9 Å². The Kier molecular flexibility index (Phi) is 5.80. The Hall–Kier alpha value is -1.13. The van der Waals surface area contributed by atoms with E-state index in [1.807, 2.05) is 12.3 Å². The van der Waals surface area contributed by atoms with Gasteiger partial charge in [0.05, 0.1) is 0 Å². The molecule has 0 spiro atoms. The highest BCUT2D eigenvalue weighted by molar-refractivity contribution is 5.47. The first kappa shape index (κ1) is 15.3. The molecule has 4 heteroatoms. The van der Waals surface area contributed by atoms with Crippen LogP contribution in [0.5, 0.6) is 0 Å². The van der Waals surface area contributed by atoms with E-state index in [-0.39, 0.29) is 0 Å². The van der Waals surface area contributed by atoms with Crippen LogP contribution in [0.4, 0.5) is 5.82 Å². The lowest BCUT2D eigenvalue weighted by Gasteiger charge is -2.38. The minimum absolute atomic E-state index is 0.645. The van der Waals surface area contributed by atoms with Crippen LogP contribution in [0.15, 0.2) is 18.3 Å². The molecule has 0 bridgehead atoms. The van der Waals surface area contributed by atoms with Crippen molar-refractivity contribution < 1.29 is 0 Å². The van der Waals surface area contributed by atoms with Gasteiger partial charge >= 0.3 is 0 Å². The molecule has 0 saturated carbocycles. The first-order chi connectivity index (χ1) is 9.72. The summed E-state index contributed by atoms with van der Waals surface area (Å²) in [4.78, 5) is 9.59. The maximum Gasteiger partial charge on any atom is 0.133 e. The zero-order valence-electron chi connectivity index (χ0n) is 13.1. The fourth-order valence-corrected chi connectivity index (χ4v) is 2.70. The van der Waals surface area contributed by atoms with Crippen molar-refractivity contribution in [1.82, 2.24) is 15.2 Å². The Morgan fingerprint density at radius 2 is 2.00 bits per heavy atom. The van der Waals surface area contributed by atoms with Crippen molar-refractivity contribution in [2.45, 2.75) is 39.8 Å². The molecule has 1 aliphatic rings. The molecule has 0 aromatic carbocycles. The Bertz CT molecular complexity index is 397. The van der Waals surface area contributed by atoms with Gasteiger partial charge in [-0.15, -0.1) is 0 Å². The highest BCUT2D eigenvalue weighted by Crippen LogP contribution is 2.19. The second kappa shape index (κ2) is 7.60. The molecule has 1 aromatic rings. The van der Waals surface area contributed by atoms with Crippen LogP contribution in [0.25, 0.3) is 0 Å². The minimum Gasteiger partial charge on any atom is -0.354 e. The monoisotopic (exact) mass is 276 g/mol. The van der Waals surface area contributed by atoms with E-state index < -0.39 is 0 Å². The van der Waals surface area contributed by atoms with Crippen molar-refractivity contribution in [3.63, 3.8) is 0 Å². The molecular formula is C16H28N4. The standard InChI is InChI=1S/C16H28N4/c1-4-7-17-13-15-6-5-8-18-16(15)20-11-9-19(10-12-20)14(2)3/h5-6,8,14,17H,4,7,9-13H2,1-3H3. The number of nitrogens with one attached hydrogen (secondary N) is 1. The molecule has 112 valence electrons. The third-order valence-corrected chi connectivity index (χ3v) is 3.95. The predicted molar refractivity (Wildman–Crippen MR) is 85.2 cm³/mol. The molecule has 1 N–H and O–H groups in total. The number of pyridine rings is 1. The van der Waals surface area contributed by atoms with Crippen LogP contribution in [0, 0.1) is 0 Å². The predicted octanol–water partition coefficient (Wildman–Crippen LogP) is 2.11. The summed E-state index contributed by atoms with van der Waals surface area (Å²) in [7, 11) is 0. The lowest BCUT2D eigenvalue weighted by Crippen LogP contribution is -2.49. The van der Waals surface area contributed by atoms with Gasteiger partial charge in [0.2, 0.25) is 0 Å². The molecule has 1 aliphatic heterocycles. The van der Waals surface area contributed by atoms with Crippen molar-refractivity contribution in [2.24, 2.45) is 0 Å². The largest absolute Gasteiger partial charge is 0.354 e. The molecule has 0 aliphatic carbocycles. The number of hydrogen-bond acceptors (Lipinski definition) is 4. The molecule has 0 unspecified atom stereocenters. The van der Waals surface area contributed by atoms with E-state index in [1.165, 1.54) is 17.8 Å². The number of nitrogens with zero attached hydrogens (tertiary/aromatic N) is 3. The third-order valence-electron chi connectivity index (χ3n) is 3.95. The normalized spacial score (nSPS) is 16.9. The third kappa shape index (κ3) is 3.93. The fourth-order valence-electron chi connectivity index (χ4n) is 2.70. The summed E-state index contributed by atoms with van der Waals surface area (Å²) in [6.07, 6.45) is 3.08. The zero-order valence-corrected chi connectivity index (χ0v) is 13.1. The summed E-state index contributed by atoms with van der Waals surface area (Å²) in [5.74, 6) is 1.17. The zero-order chi connectivity index (χ0) is 14.4. The van der Waals surface area contributed by atoms with Gasteiger partial charge in [0, 0.05) is 50.5 Å². The summed E-state index contributed by atoms with van der Waals surface area (Å²) < 4.78 is 0. The molecule has 0 radical (unpaired) electrons. The molecule has 4 nitrogen and oxygen atoms in total. The highest BCUT2D eigenvalue weighted by atomic mass is 15.3. The van der Waals surface area contributed by atoms with Gasteiger partial charge in [-0.3, -0.25) is 4.90 Å². The number of aromatic nitrogens is 1. The van der Waals surface area contributed by atoms with Crippen LogP contribution < -0.4 is 10.2 Å². The number of rotatable bonds is 6. The molecule has 0 atom stereocenters. The average Bonchev–Trinajstić information content (AvgIpc) is 2.48. The van der Waals surface area contributed by atoms with Gasteiger partial charge in [0.1, 0.15) is 5.82 Å². The van der Waals surface area contributed by atoms with Crippen molar-refractivity contribution >= 4 is 5.82 Å². The molecule has 2 rings (SSSR count). The lowest BCUT2D eigenvalue weighted by molar-refractivity contribution is 0.209. The topological polar surface area (TPSA) is 31.4 Å². The molecule has 0 amide bonds. The smallest absolute Gasteiger partial charge is 0.133 e. The van der Waals surface area contributed by atoms with Gasteiger partial charge in [-0.25, -0.2) is 4.98 Å². The van der Waals surface area contributed by atoms with Gasteiger partial charge in [-0.2, -0.15) is 0 Å². The lowest BCUT2D eigenvalue weighted by atomic mass is 10.2. The van der Waals surface area contributed by atoms with Crippen LogP contribution in [0.2, 0.25) is 0 Å². The molecule has 1 fully saturated rings. The maximum atomic E-state index is 4.62. The summed E-state index contributed by atoms with van der Waals surface area (Å²) in [5.41, 5.74) is 1.32. The van der Waals surface area contributed by atoms with Crippen molar-refractivity contribution in [3.05, 3.63) is 23.9 Å². The van der Waals surface area contributed by atoms with E-state index in [1.54, 1.807) is 0 Å². The van der Waals surface area contributed by atoms with E-state index in [9.17, 15) is 0 Å². The van der Waals surface area contributed by atoms with Gasteiger partial charge in [-0.1, -0.05) is 13.0 Å². The number of hydrogen-bond donors (Lipinski definition) is 1. The van der Waals surface area contributed by atoms with Gasteiger partial charge < -0.3 is 10.2 Å². The molecule has 2 heterocycles. The van der Waals surface area contributed by atoms with Gasteiger partial charge in [0.25, 0.3) is 0 Å². The fraction of sp³-hybridized carbons (Fsp3) is 0.688. The molecule has 1 aromatic heterocycles. The van der Waals surface area contributed by atoms with Crippen LogP contribution in [0.1, 0.15) is 32.8 Å². The molecule has 20 heavy (non-hydrogen) atoms. The van der Waals surface area contributed by atoms with Crippen LogP contribution in [-0.2, 0) is 6.54 Å². The van der Waals surface area contributed by atoms with Crippen LogP contribution in [-0.4, -0.2) is 48.6 Å². The average molecular weight is 276 g/mol. The Morgan fingerprint density at radius 1 is 1.25 bits per heavy atom. The molecular weight excluding hydrogens is 248 g/mol. The number of anilines is 1. The summed E-state index contributed by atoms with van der Waals surface area (Å²) in [5, 5.41) is 3.48. The van der Waals surface area contributed by atoms with E-state index in [2.05, 4.69) is 46.9 Å². The van der Waals surface area contributed by atoms with Crippen molar-refractivity contribution in [3.8, 4) is 0 Å². The number of piperazine rings is 1. The first-order valence-corrected chi connectivity index (χ1v) is 7.86. The first-order valence-electron chi connectivity index (χ1n) is 7.86. The van der Waals surface area contributed by atoms with Crippen molar-refractivity contribution in [1.29, 1.82) is 0 Å². The van der Waals surface area contributed by atoms with Crippen LogP contribution >= 0.6 is 0 Å². The summed E-state index contributed by atoms with van der Waals surface area (Å²) >= 11 is 0. The van der Waals surface area contributed by atoms with E-state index in [4.69, 9.17) is 0 Å².